The third-order valence-electron chi connectivity index (χ3n) is 20.9. The van der Waals surface area contributed by atoms with Crippen LogP contribution in [0, 0.1) is 0 Å². The van der Waals surface area contributed by atoms with E-state index in [1.54, 1.807) is 60.7 Å². The van der Waals surface area contributed by atoms with Crippen molar-refractivity contribution in [1.82, 2.24) is 0 Å². The van der Waals surface area contributed by atoms with Crippen LogP contribution in [0.3, 0.4) is 0 Å². The first-order valence-electron chi connectivity index (χ1n) is 45.7. The van der Waals surface area contributed by atoms with E-state index in [1.807, 2.05) is 13.8 Å². The van der Waals surface area contributed by atoms with E-state index < -0.39 is 29.5 Å². The Hall–Kier alpha value is -9.01. The van der Waals surface area contributed by atoms with Crippen molar-refractivity contribution in [3.8, 4) is 40.2 Å². The van der Waals surface area contributed by atoms with Gasteiger partial charge in [0.25, 0.3) is 23.6 Å². The molecule has 5 aromatic rings. The molecule has 21 heteroatoms. The minimum absolute atomic E-state index is 0.0859. The summed E-state index contributed by atoms with van der Waals surface area (Å²) in [5.41, 5.74) is 1.49. The van der Waals surface area contributed by atoms with Gasteiger partial charge in [0.05, 0.1) is 91.8 Å². The average molecular weight is 1640 g/mol. The molecular weight excluding hydrogens is 1490 g/mol. The number of nitrogens with one attached hydrogen (secondary N) is 7. The molecule has 7 amide bonds. The highest BCUT2D eigenvalue weighted by atomic mass is 16.5. The second-order valence-electron chi connectivity index (χ2n) is 31.6. The zero-order valence-corrected chi connectivity index (χ0v) is 74.0. The molecule has 0 spiro atoms. The molecule has 5 rings (SSSR count). The summed E-state index contributed by atoms with van der Waals surface area (Å²) in [6.45, 7) is 19.0. The van der Waals surface area contributed by atoms with Crippen molar-refractivity contribution in [3.63, 3.8) is 0 Å². The summed E-state index contributed by atoms with van der Waals surface area (Å²) in [5, 5.41) is 20.7. The smallest absolute Gasteiger partial charge is 0.259 e. The number of carbonyl (C=O) groups excluding carboxylic acids is 7. The van der Waals surface area contributed by atoms with Crippen LogP contribution in [0.1, 0.15) is 386 Å². The molecule has 0 aliphatic rings. The lowest BCUT2D eigenvalue weighted by atomic mass is 10.0. The molecule has 0 aliphatic carbocycles. The van der Waals surface area contributed by atoms with Crippen molar-refractivity contribution in [2.75, 3.05) is 84.0 Å². The number of carbonyl (C=O) groups is 7. The van der Waals surface area contributed by atoms with Crippen molar-refractivity contribution < 1.29 is 66.7 Å². The van der Waals surface area contributed by atoms with Gasteiger partial charge in [0.15, 0.2) is 0 Å². The number of hydrogen-bond acceptors (Lipinski definition) is 14. The second kappa shape index (κ2) is 61.3. The molecule has 0 atom stereocenters. The van der Waals surface area contributed by atoms with Gasteiger partial charge in [-0.25, -0.2) is 0 Å². The Morgan fingerprint density at radius 2 is 0.441 bits per heavy atom. The fourth-order valence-corrected chi connectivity index (χ4v) is 14.2. The normalized spacial score (nSPS) is 11.0. The molecule has 0 aromatic heterocycles. The maximum atomic E-state index is 15.7. The van der Waals surface area contributed by atoms with Crippen LogP contribution in [0.15, 0.2) is 72.8 Å². The summed E-state index contributed by atoms with van der Waals surface area (Å²) in [6.07, 6.45) is 47.8. The van der Waals surface area contributed by atoms with Gasteiger partial charge in [0, 0.05) is 50.0 Å². The highest BCUT2D eigenvalue weighted by molar-refractivity contribution is 6.15. The summed E-state index contributed by atoms with van der Waals surface area (Å²) in [7, 11) is 1.34. The van der Waals surface area contributed by atoms with Crippen molar-refractivity contribution >= 4 is 81.2 Å². The number of ether oxygens (including phenoxy) is 7. The fraction of sp³-hybridized carbons (Fsp3) is 0.619. The van der Waals surface area contributed by atoms with E-state index in [0.717, 1.165) is 116 Å². The molecule has 5 aromatic carbocycles. The van der Waals surface area contributed by atoms with Gasteiger partial charge in [-0.05, 0) is 99.2 Å². The molecule has 7 N–H and O–H groups in total. The highest BCUT2D eigenvalue weighted by Crippen LogP contribution is 2.42. The van der Waals surface area contributed by atoms with Gasteiger partial charge in [-0.2, -0.15) is 0 Å². The Bertz CT molecular complexity index is 3520. The molecule has 656 valence electrons. The summed E-state index contributed by atoms with van der Waals surface area (Å²) in [5.74, 6) is -2.33. The number of rotatable bonds is 68. The lowest BCUT2D eigenvalue weighted by molar-refractivity contribution is -0.115. The quantitative estimate of drug-likeness (QED) is 0.0179. The van der Waals surface area contributed by atoms with Crippen molar-refractivity contribution in [2.45, 2.75) is 345 Å². The van der Waals surface area contributed by atoms with E-state index in [4.69, 9.17) is 33.2 Å². The van der Waals surface area contributed by atoms with Crippen LogP contribution in [0.4, 0.5) is 39.8 Å². The molecule has 0 saturated carbocycles. The number of methoxy groups -OCH3 is 1. The molecule has 0 unspecified atom stereocenters. The molecule has 0 aliphatic heterocycles. The Morgan fingerprint density at radius 1 is 0.229 bits per heavy atom. The van der Waals surface area contributed by atoms with Gasteiger partial charge < -0.3 is 70.4 Å². The predicted molar refractivity (Wildman–Crippen MR) is 484 cm³/mol. The number of benzene rings is 5. The maximum absolute atomic E-state index is 15.7. The molecule has 0 radical (unpaired) electrons. The van der Waals surface area contributed by atoms with Crippen LogP contribution in [-0.4, -0.2) is 88.1 Å². The van der Waals surface area contributed by atoms with Crippen LogP contribution < -0.4 is 70.4 Å². The van der Waals surface area contributed by atoms with Gasteiger partial charge in [-0.3, -0.25) is 33.6 Å². The van der Waals surface area contributed by atoms with Gasteiger partial charge in [0.1, 0.15) is 40.2 Å². The van der Waals surface area contributed by atoms with E-state index in [1.165, 1.54) is 194 Å². The van der Waals surface area contributed by atoms with E-state index in [0.29, 0.717) is 62.1 Å². The van der Waals surface area contributed by atoms with E-state index in [2.05, 4.69) is 64.9 Å². The van der Waals surface area contributed by atoms with Gasteiger partial charge in [-0.15, -0.1) is 0 Å². The molecule has 0 fully saturated rings. The third-order valence-corrected chi connectivity index (χ3v) is 20.9. The molecular formula is C97H149N7O14. The first-order chi connectivity index (χ1) is 57.5. The summed E-state index contributed by atoms with van der Waals surface area (Å²) in [4.78, 5) is 99.3. The summed E-state index contributed by atoms with van der Waals surface area (Å²) in [6, 6.07) is 19.1. The van der Waals surface area contributed by atoms with Crippen molar-refractivity contribution in [1.29, 1.82) is 0 Å². The monoisotopic (exact) mass is 1640 g/mol. The Kier molecular flexibility index (Phi) is 51.7. The Labute approximate surface area is 708 Å². The minimum Gasteiger partial charge on any atom is -0.495 e. The first-order valence-corrected chi connectivity index (χ1v) is 45.7. The average Bonchev–Trinajstić information content (AvgIpc) is 0.787. The lowest BCUT2D eigenvalue weighted by Gasteiger charge is -2.21. The topological polar surface area (TPSA) is 268 Å². The molecule has 0 saturated heterocycles. The van der Waals surface area contributed by atoms with Crippen LogP contribution in [0.2, 0.25) is 0 Å². The lowest BCUT2D eigenvalue weighted by Crippen LogP contribution is -2.21. The molecule has 21 nitrogen and oxygen atoms in total. The van der Waals surface area contributed by atoms with Crippen molar-refractivity contribution in [2.24, 2.45) is 0 Å². The molecule has 118 heavy (non-hydrogen) atoms. The van der Waals surface area contributed by atoms with Gasteiger partial charge in [-0.1, -0.05) is 286 Å². The fourth-order valence-electron chi connectivity index (χ4n) is 14.2. The van der Waals surface area contributed by atoms with Gasteiger partial charge in [0.2, 0.25) is 17.7 Å². The summed E-state index contributed by atoms with van der Waals surface area (Å²) < 4.78 is 45.2. The number of amides is 7. The highest BCUT2D eigenvalue weighted by Gasteiger charge is 2.28. The number of hydrogen-bond donors (Lipinski definition) is 7. The van der Waals surface area contributed by atoms with Gasteiger partial charge >= 0.3 is 0 Å². The zero-order valence-electron chi connectivity index (χ0n) is 74.0. The van der Waals surface area contributed by atoms with Crippen LogP contribution in [-0.2, 0) is 14.4 Å². The van der Waals surface area contributed by atoms with Crippen LogP contribution in [0.25, 0.3) is 0 Å². The maximum Gasteiger partial charge on any atom is 0.259 e. The standard InChI is InChI=1S/C97H149N7O14/c1-11-17-23-27-31-35-39-43-47-51-61-115-89-71-91(117-63-53-49-45-41-37-33-29-25-19-13-3)85(69-83(89)101-94(108)79-65-76(98-73(7)105)55-57-87(79)113-59-21-15-5)103-96(110)81-67-78(100-75(9)107)68-82(93(81)112-10)97(111)104-86-70-84(102-95(109)80-66-77(99-74(8)106)56-58-88(80)114-60-22-16-6)90(116-62-52-48-44-40-36-32-28-24-18-12-2)72-92(86)118-64-54-50-46-42-38-34-30-26-20-14-4/h55-58,65-72H,11-54,59-64H2,1-10H3,(H,98,105)(H,99,106)(H,100,107)(H,101,108)(H,102,109)(H,103,110)(H,104,111). The minimum atomic E-state index is -0.775. The SMILES string of the molecule is CCCCCCCCCCCCOc1cc(OCCCCCCCCCCCC)c(NC(=O)c2cc(NC(C)=O)cc(C(=O)Nc3cc(NC(=O)c4cc(NC(C)=O)ccc4OCCCC)c(OCCCCCCCCCCCC)cc3OCCCCCCCCCCCC)c2OC)cc1NC(=O)c1cc(NC(C)=O)ccc1OCCCC. The molecule has 0 bridgehead atoms. The zero-order chi connectivity index (χ0) is 85.2. The third kappa shape index (κ3) is 40.2. The predicted octanol–water partition coefficient (Wildman–Crippen LogP) is 26.1. The largest absolute Gasteiger partial charge is 0.495 e. The summed E-state index contributed by atoms with van der Waals surface area (Å²) >= 11 is 0. The first kappa shape index (κ1) is 99.6. The van der Waals surface area contributed by atoms with Crippen LogP contribution in [0.5, 0.6) is 40.2 Å². The second-order valence-corrected chi connectivity index (χ2v) is 31.6. The number of anilines is 7. The van der Waals surface area contributed by atoms with E-state index >= 15 is 9.59 Å². The van der Waals surface area contributed by atoms with E-state index in [-0.39, 0.29) is 104 Å². The van der Waals surface area contributed by atoms with E-state index in [9.17, 15) is 24.0 Å². The Balaban J connectivity index is 1.65. The number of unbranched alkanes of at least 4 members (excludes halogenated alkanes) is 38. The van der Waals surface area contributed by atoms with Crippen molar-refractivity contribution in [3.05, 3.63) is 95.1 Å². The molecule has 0 heterocycles. The van der Waals surface area contributed by atoms with Crippen LogP contribution >= 0.6 is 0 Å². The Morgan fingerprint density at radius 3 is 0.686 bits per heavy atom.